The maximum atomic E-state index is 6.07. The van der Waals surface area contributed by atoms with Gasteiger partial charge in [-0.25, -0.2) is 0 Å². The fourth-order valence-corrected chi connectivity index (χ4v) is 1.86. The Morgan fingerprint density at radius 3 is 2.95 bits per heavy atom. The van der Waals surface area contributed by atoms with Crippen molar-refractivity contribution >= 4 is 17.3 Å². The van der Waals surface area contributed by atoms with E-state index in [1.54, 1.807) is 0 Å². The molecule has 0 unspecified atom stereocenters. The Bertz CT molecular complexity index is 539. The van der Waals surface area contributed by atoms with Crippen LogP contribution < -0.4 is 5.32 Å². The lowest BCUT2D eigenvalue weighted by Crippen LogP contribution is -2.00. The number of aryl methyl sites for hydroxylation is 2. The number of hydrogen-bond donors (Lipinski definition) is 1. The molecule has 1 heterocycles. The standard InChI is InChI=1S/C14H18ClN3O/c1-3-4-5-13-17-14(19-18-13)9-16-11-7-6-10(2)12(15)8-11/h6-8,16H,3-5,9H2,1-2H3. The monoisotopic (exact) mass is 279 g/mol. The molecule has 2 aromatic rings. The first-order chi connectivity index (χ1) is 9.19. The molecule has 19 heavy (non-hydrogen) atoms. The Balaban J connectivity index is 1.91. The van der Waals surface area contributed by atoms with Crippen molar-refractivity contribution in [1.29, 1.82) is 0 Å². The van der Waals surface area contributed by atoms with Gasteiger partial charge in [-0.15, -0.1) is 0 Å². The second kappa shape index (κ2) is 6.57. The van der Waals surface area contributed by atoms with Crippen molar-refractivity contribution in [2.75, 3.05) is 5.32 Å². The molecule has 0 aliphatic rings. The molecular formula is C14H18ClN3O. The van der Waals surface area contributed by atoms with Gasteiger partial charge in [-0.3, -0.25) is 0 Å². The van der Waals surface area contributed by atoms with Crippen molar-refractivity contribution in [1.82, 2.24) is 10.1 Å². The average Bonchev–Trinajstić information content (AvgIpc) is 2.86. The molecule has 1 N–H and O–H groups in total. The topological polar surface area (TPSA) is 51.0 Å². The maximum absolute atomic E-state index is 6.07. The molecule has 5 heteroatoms. The number of rotatable bonds is 6. The van der Waals surface area contributed by atoms with Crippen molar-refractivity contribution < 1.29 is 4.52 Å². The van der Waals surface area contributed by atoms with E-state index in [-0.39, 0.29) is 0 Å². The first-order valence-corrected chi connectivity index (χ1v) is 6.88. The smallest absolute Gasteiger partial charge is 0.245 e. The first-order valence-electron chi connectivity index (χ1n) is 6.50. The van der Waals surface area contributed by atoms with Crippen molar-refractivity contribution in [3.63, 3.8) is 0 Å². The van der Waals surface area contributed by atoms with Gasteiger partial charge in [-0.2, -0.15) is 4.98 Å². The predicted octanol–water partition coefficient (Wildman–Crippen LogP) is 3.99. The third-order valence-electron chi connectivity index (χ3n) is 2.88. The molecule has 0 aliphatic heterocycles. The van der Waals surface area contributed by atoms with Crippen LogP contribution in [-0.4, -0.2) is 10.1 Å². The van der Waals surface area contributed by atoms with Crippen LogP contribution in [0.4, 0.5) is 5.69 Å². The summed E-state index contributed by atoms with van der Waals surface area (Å²) < 4.78 is 5.18. The maximum Gasteiger partial charge on any atom is 0.245 e. The van der Waals surface area contributed by atoms with E-state index in [4.69, 9.17) is 16.1 Å². The molecule has 0 saturated carbocycles. The molecule has 0 bridgehead atoms. The second-order valence-electron chi connectivity index (χ2n) is 4.53. The van der Waals surface area contributed by atoms with Crippen molar-refractivity contribution in [3.05, 3.63) is 40.5 Å². The molecule has 4 nitrogen and oxygen atoms in total. The lowest BCUT2D eigenvalue weighted by atomic mass is 10.2. The molecule has 0 amide bonds. The third-order valence-corrected chi connectivity index (χ3v) is 3.29. The summed E-state index contributed by atoms with van der Waals surface area (Å²) in [6.45, 7) is 4.63. The van der Waals surface area contributed by atoms with E-state index in [1.165, 1.54) is 0 Å². The number of unbranched alkanes of at least 4 members (excludes halogenated alkanes) is 1. The lowest BCUT2D eigenvalue weighted by Gasteiger charge is -2.05. The van der Waals surface area contributed by atoms with Crippen molar-refractivity contribution in [2.24, 2.45) is 0 Å². The summed E-state index contributed by atoms with van der Waals surface area (Å²) in [6.07, 6.45) is 3.08. The van der Waals surface area contributed by atoms with Crippen molar-refractivity contribution in [3.8, 4) is 0 Å². The minimum absolute atomic E-state index is 0.512. The summed E-state index contributed by atoms with van der Waals surface area (Å²) in [5.74, 6) is 1.38. The highest BCUT2D eigenvalue weighted by atomic mass is 35.5. The number of halogens is 1. The number of aromatic nitrogens is 2. The van der Waals surface area contributed by atoms with Crippen molar-refractivity contribution in [2.45, 2.75) is 39.7 Å². The number of benzene rings is 1. The van der Waals surface area contributed by atoms with Gasteiger partial charge in [0.15, 0.2) is 5.82 Å². The predicted molar refractivity (Wildman–Crippen MR) is 76.4 cm³/mol. The molecule has 1 aromatic heterocycles. The molecule has 0 saturated heterocycles. The van der Waals surface area contributed by atoms with Crippen LogP contribution in [0.2, 0.25) is 5.02 Å². The zero-order valence-electron chi connectivity index (χ0n) is 11.2. The molecule has 2 rings (SSSR count). The summed E-state index contributed by atoms with van der Waals surface area (Å²) >= 11 is 6.07. The minimum Gasteiger partial charge on any atom is -0.376 e. The molecule has 0 radical (unpaired) electrons. The van der Waals surface area contributed by atoms with E-state index in [1.807, 2.05) is 25.1 Å². The summed E-state index contributed by atoms with van der Waals surface area (Å²) in [6, 6.07) is 5.85. The SMILES string of the molecule is CCCCc1noc(CNc2ccc(C)c(Cl)c2)n1. The molecule has 1 aromatic carbocycles. The molecule has 102 valence electrons. The molecule has 0 fully saturated rings. The Labute approximate surface area is 118 Å². The summed E-state index contributed by atoms with van der Waals surface area (Å²) in [5.41, 5.74) is 2.01. The van der Waals surface area contributed by atoms with Crippen LogP contribution in [0.1, 0.15) is 37.0 Å². The summed E-state index contributed by atoms with van der Waals surface area (Å²) in [5, 5.41) is 7.91. The van der Waals surface area contributed by atoms with E-state index < -0.39 is 0 Å². The lowest BCUT2D eigenvalue weighted by molar-refractivity contribution is 0.377. The largest absolute Gasteiger partial charge is 0.376 e. The third kappa shape index (κ3) is 3.96. The van der Waals surface area contributed by atoms with Gasteiger partial charge in [0, 0.05) is 17.1 Å². The van der Waals surface area contributed by atoms with E-state index >= 15 is 0 Å². The van der Waals surface area contributed by atoms with Crippen LogP contribution in [-0.2, 0) is 13.0 Å². The number of nitrogens with one attached hydrogen (secondary N) is 1. The molecular weight excluding hydrogens is 262 g/mol. The van der Waals surface area contributed by atoms with Crippen LogP contribution in [0.25, 0.3) is 0 Å². The highest BCUT2D eigenvalue weighted by Crippen LogP contribution is 2.20. The van der Waals surface area contributed by atoms with E-state index in [0.29, 0.717) is 12.4 Å². The van der Waals surface area contributed by atoms with Gasteiger partial charge in [0.25, 0.3) is 0 Å². The molecule has 0 aliphatic carbocycles. The van der Waals surface area contributed by atoms with Gasteiger partial charge in [0.05, 0.1) is 6.54 Å². The van der Waals surface area contributed by atoms with Crippen LogP contribution in [0.15, 0.2) is 22.7 Å². The first kappa shape index (κ1) is 13.9. The number of anilines is 1. The zero-order valence-corrected chi connectivity index (χ0v) is 12.0. The van der Waals surface area contributed by atoms with Gasteiger partial charge in [0.2, 0.25) is 5.89 Å². The Morgan fingerprint density at radius 2 is 2.21 bits per heavy atom. The highest BCUT2D eigenvalue weighted by Gasteiger charge is 2.06. The number of hydrogen-bond acceptors (Lipinski definition) is 4. The fourth-order valence-electron chi connectivity index (χ4n) is 1.68. The van der Waals surface area contributed by atoms with Gasteiger partial charge >= 0.3 is 0 Å². The van der Waals surface area contributed by atoms with Crippen LogP contribution >= 0.6 is 11.6 Å². The Hall–Kier alpha value is -1.55. The Kier molecular flexibility index (Phi) is 4.80. The van der Waals surface area contributed by atoms with E-state index in [2.05, 4.69) is 22.4 Å². The normalized spacial score (nSPS) is 10.7. The van der Waals surface area contributed by atoms with Crippen LogP contribution in [0, 0.1) is 6.92 Å². The van der Waals surface area contributed by atoms with Gasteiger partial charge in [-0.1, -0.05) is 36.2 Å². The van der Waals surface area contributed by atoms with Gasteiger partial charge in [0.1, 0.15) is 0 Å². The van der Waals surface area contributed by atoms with Crippen LogP contribution in [0.3, 0.4) is 0 Å². The molecule has 0 atom stereocenters. The van der Waals surface area contributed by atoms with E-state index in [0.717, 1.165) is 41.4 Å². The molecule has 0 spiro atoms. The van der Waals surface area contributed by atoms with Gasteiger partial charge in [-0.05, 0) is 31.0 Å². The fraction of sp³-hybridized carbons (Fsp3) is 0.429. The Morgan fingerprint density at radius 1 is 1.37 bits per heavy atom. The summed E-state index contributed by atoms with van der Waals surface area (Å²) in [7, 11) is 0. The summed E-state index contributed by atoms with van der Waals surface area (Å²) in [4.78, 5) is 4.33. The highest BCUT2D eigenvalue weighted by molar-refractivity contribution is 6.31. The zero-order chi connectivity index (χ0) is 13.7. The van der Waals surface area contributed by atoms with Crippen LogP contribution in [0.5, 0.6) is 0 Å². The number of nitrogens with zero attached hydrogens (tertiary/aromatic N) is 2. The average molecular weight is 280 g/mol. The minimum atomic E-state index is 0.512. The quantitative estimate of drug-likeness (QED) is 0.869. The van der Waals surface area contributed by atoms with Gasteiger partial charge < -0.3 is 9.84 Å². The second-order valence-corrected chi connectivity index (χ2v) is 4.93. The van der Waals surface area contributed by atoms with E-state index in [9.17, 15) is 0 Å².